The standard InChI is InChI=1S/C13H20N4O/c1-8(2)15-13(18)7-17-9-3-4-12(17)10-6-14-16-11(10)5-9/h6,8-9,12H,3-5,7H2,1-2H3,(H,14,16)(H,15,18). The lowest BCUT2D eigenvalue weighted by Crippen LogP contribution is -2.45. The minimum absolute atomic E-state index is 0.133. The predicted octanol–water partition coefficient (Wildman–Crippen LogP) is 0.996. The van der Waals surface area contributed by atoms with E-state index in [1.807, 2.05) is 20.0 Å². The van der Waals surface area contributed by atoms with Gasteiger partial charge in [-0.2, -0.15) is 5.10 Å². The van der Waals surface area contributed by atoms with Crippen molar-refractivity contribution in [3.8, 4) is 0 Å². The number of fused-ring (bicyclic) bond motifs is 4. The second kappa shape index (κ2) is 4.39. The van der Waals surface area contributed by atoms with Crippen LogP contribution in [0, 0.1) is 0 Å². The van der Waals surface area contributed by atoms with Crippen LogP contribution in [-0.2, 0) is 11.2 Å². The number of aromatic nitrogens is 2. The quantitative estimate of drug-likeness (QED) is 0.838. The summed E-state index contributed by atoms with van der Waals surface area (Å²) < 4.78 is 0. The first-order valence-electron chi connectivity index (χ1n) is 6.72. The van der Waals surface area contributed by atoms with Crippen molar-refractivity contribution in [2.75, 3.05) is 6.54 Å². The third-order valence-electron chi connectivity index (χ3n) is 3.97. The van der Waals surface area contributed by atoms with Gasteiger partial charge in [0.1, 0.15) is 0 Å². The topological polar surface area (TPSA) is 61.0 Å². The van der Waals surface area contributed by atoms with Crippen LogP contribution in [0.25, 0.3) is 0 Å². The fourth-order valence-corrected chi connectivity index (χ4v) is 3.27. The molecule has 5 nitrogen and oxygen atoms in total. The molecule has 3 rings (SSSR count). The van der Waals surface area contributed by atoms with Gasteiger partial charge in [0, 0.05) is 35.8 Å². The molecule has 1 fully saturated rings. The zero-order valence-electron chi connectivity index (χ0n) is 10.9. The molecular formula is C13H20N4O. The minimum Gasteiger partial charge on any atom is -0.353 e. The Balaban J connectivity index is 1.74. The highest BCUT2D eigenvalue weighted by atomic mass is 16.2. The molecule has 2 aliphatic heterocycles. The largest absolute Gasteiger partial charge is 0.353 e. The van der Waals surface area contributed by atoms with E-state index >= 15 is 0 Å². The fourth-order valence-electron chi connectivity index (χ4n) is 3.27. The van der Waals surface area contributed by atoms with E-state index in [9.17, 15) is 4.79 Å². The predicted molar refractivity (Wildman–Crippen MR) is 68.0 cm³/mol. The van der Waals surface area contributed by atoms with Crippen molar-refractivity contribution in [3.05, 3.63) is 17.5 Å². The molecule has 2 atom stereocenters. The summed E-state index contributed by atoms with van der Waals surface area (Å²) in [5.74, 6) is 0.133. The summed E-state index contributed by atoms with van der Waals surface area (Å²) in [5, 5.41) is 10.2. The van der Waals surface area contributed by atoms with E-state index in [0.29, 0.717) is 18.6 Å². The first-order valence-corrected chi connectivity index (χ1v) is 6.72. The van der Waals surface area contributed by atoms with Gasteiger partial charge in [-0.05, 0) is 26.7 Å². The highest BCUT2D eigenvalue weighted by molar-refractivity contribution is 5.78. The average Bonchev–Trinajstić information content (AvgIpc) is 2.84. The molecule has 2 N–H and O–H groups in total. The van der Waals surface area contributed by atoms with E-state index in [4.69, 9.17) is 0 Å². The zero-order chi connectivity index (χ0) is 12.7. The molecule has 0 spiro atoms. The Bertz CT molecular complexity index is 454. The van der Waals surface area contributed by atoms with Crippen molar-refractivity contribution in [3.63, 3.8) is 0 Å². The van der Waals surface area contributed by atoms with Crippen molar-refractivity contribution >= 4 is 5.91 Å². The highest BCUT2D eigenvalue weighted by Gasteiger charge is 2.41. The van der Waals surface area contributed by atoms with Crippen molar-refractivity contribution in [2.45, 2.75) is 51.2 Å². The van der Waals surface area contributed by atoms with Crippen molar-refractivity contribution < 1.29 is 4.79 Å². The maximum absolute atomic E-state index is 11.9. The van der Waals surface area contributed by atoms with Gasteiger partial charge in [-0.15, -0.1) is 0 Å². The lowest BCUT2D eigenvalue weighted by molar-refractivity contribution is -0.123. The van der Waals surface area contributed by atoms with Gasteiger partial charge < -0.3 is 5.32 Å². The molecule has 2 aliphatic rings. The second-order valence-electron chi connectivity index (χ2n) is 5.65. The van der Waals surface area contributed by atoms with E-state index in [1.54, 1.807) is 0 Å². The molecule has 1 saturated heterocycles. The van der Waals surface area contributed by atoms with E-state index in [0.717, 1.165) is 12.8 Å². The Morgan fingerprint density at radius 3 is 3.22 bits per heavy atom. The number of nitrogens with zero attached hydrogens (tertiary/aromatic N) is 2. The number of carbonyl (C=O) groups excluding carboxylic acids is 1. The van der Waals surface area contributed by atoms with Crippen LogP contribution >= 0.6 is 0 Å². The Morgan fingerprint density at radius 2 is 2.44 bits per heavy atom. The molecule has 0 aromatic carbocycles. The van der Waals surface area contributed by atoms with Gasteiger partial charge >= 0.3 is 0 Å². The SMILES string of the molecule is CC(C)NC(=O)CN1C2CCC1c1cn[nH]c1C2. The van der Waals surface area contributed by atoms with Crippen molar-refractivity contribution in [1.29, 1.82) is 0 Å². The van der Waals surface area contributed by atoms with E-state index in [2.05, 4.69) is 20.4 Å². The molecule has 0 aliphatic carbocycles. The molecule has 2 bridgehead atoms. The second-order valence-corrected chi connectivity index (χ2v) is 5.65. The molecular weight excluding hydrogens is 228 g/mol. The Hall–Kier alpha value is -1.36. The molecule has 2 unspecified atom stereocenters. The molecule has 3 heterocycles. The van der Waals surface area contributed by atoms with Gasteiger partial charge in [-0.3, -0.25) is 14.8 Å². The normalized spacial score (nSPS) is 26.4. The van der Waals surface area contributed by atoms with Gasteiger partial charge in [-0.1, -0.05) is 0 Å². The van der Waals surface area contributed by atoms with Crippen LogP contribution in [-0.4, -0.2) is 39.6 Å². The molecule has 98 valence electrons. The summed E-state index contributed by atoms with van der Waals surface area (Å²) in [6.07, 6.45) is 5.25. The third kappa shape index (κ3) is 1.92. The Labute approximate surface area is 107 Å². The van der Waals surface area contributed by atoms with Crippen LogP contribution in [0.2, 0.25) is 0 Å². The molecule has 1 aromatic heterocycles. The number of amides is 1. The summed E-state index contributed by atoms with van der Waals surface area (Å²) >= 11 is 0. The van der Waals surface area contributed by atoms with Gasteiger partial charge in [0.25, 0.3) is 0 Å². The third-order valence-corrected chi connectivity index (χ3v) is 3.97. The number of rotatable bonds is 3. The summed E-state index contributed by atoms with van der Waals surface area (Å²) in [6, 6.07) is 1.10. The van der Waals surface area contributed by atoms with Crippen molar-refractivity contribution in [2.24, 2.45) is 0 Å². The average molecular weight is 248 g/mol. The minimum atomic E-state index is 0.133. The lowest BCUT2D eigenvalue weighted by atomic mass is 10.0. The van der Waals surface area contributed by atoms with Gasteiger partial charge in [0.2, 0.25) is 5.91 Å². The van der Waals surface area contributed by atoms with Crippen LogP contribution < -0.4 is 5.32 Å². The number of hydrogen-bond acceptors (Lipinski definition) is 3. The smallest absolute Gasteiger partial charge is 0.234 e. The number of hydrogen-bond donors (Lipinski definition) is 2. The molecule has 1 aromatic rings. The summed E-state index contributed by atoms with van der Waals surface area (Å²) in [5.41, 5.74) is 2.56. The van der Waals surface area contributed by atoms with Crippen LogP contribution in [0.15, 0.2) is 6.20 Å². The maximum atomic E-state index is 11.9. The number of carbonyl (C=O) groups is 1. The number of H-pyrrole nitrogens is 1. The lowest BCUT2D eigenvalue weighted by Gasteiger charge is -2.33. The summed E-state index contributed by atoms with van der Waals surface area (Å²) in [4.78, 5) is 14.3. The Morgan fingerprint density at radius 1 is 1.61 bits per heavy atom. The zero-order valence-corrected chi connectivity index (χ0v) is 10.9. The molecule has 18 heavy (non-hydrogen) atoms. The van der Waals surface area contributed by atoms with Gasteiger partial charge in [-0.25, -0.2) is 0 Å². The Kier molecular flexibility index (Phi) is 2.86. The molecule has 0 saturated carbocycles. The van der Waals surface area contributed by atoms with Crippen LogP contribution in [0.3, 0.4) is 0 Å². The molecule has 0 radical (unpaired) electrons. The number of aromatic amines is 1. The first kappa shape index (κ1) is 11.7. The van der Waals surface area contributed by atoms with Crippen LogP contribution in [0.1, 0.15) is 44.0 Å². The fraction of sp³-hybridized carbons (Fsp3) is 0.692. The summed E-state index contributed by atoms with van der Waals surface area (Å²) in [6.45, 7) is 4.51. The van der Waals surface area contributed by atoms with Crippen LogP contribution in [0.4, 0.5) is 0 Å². The van der Waals surface area contributed by atoms with Crippen molar-refractivity contribution in [1.82, 2.24) is 20.4 Å². The van der Waals surface area contributed by atoms with E-state index in [-0.39, 0.29) is 11.9 Å². The van der Waals surface area contributed by atoms with Gasteiger partial charge in [0.05, 0.1) is 12.7 Å². The van der Waals surface area contributed by atoms with Gasteiger partial charge in [0.15, 0.2) is 0 Å². The highest BCUT2D eigenvalue weighted by Crippen LogP contribution is 2.42. The van der Waals surface area contributed by atoms with E-state index in [1.165, 1.54) is 17.7 Å². The molecule has 5 heteroatoms. The monoisotopic (exact) mass is 248 g/mol. The van der Waals surface area contributed by atoms with E-state index < -0.39 is 0 Å². The summed E-state index contributed by atoms with van der Waals surface area (Å²) in [7, 11) is 0. The molecule has 1 amide bonds. The number of nitrogens with one attached hydrogen (secondary N) is 2. The maximum Gasteiger partial charge on any atom is 0.234 e. The van der Waals surface area contributed by atoms with Crippen LogP contribution in [0.5, 0.6) is 0 Å². The first-order chi connectivity index (χ1) is 8.65.